The summed E-state index contributed by atoms with van der Waals surface area (Å²) in [5.74, 6) is 0.963. The lowest BCUT2D eigenvalue weighted by Crippen LogP contribution is -2.48. The molecule has 3 nitrogen and oxygen atoms in total. The fourth-order valence-electron chi connectivity index (χ4n) is 2.27. The van der Waals surface area contributed by atoms with E-state index >= 15 is 0 Å². The van der Waals surface area contributed by atoms with Gasteiger partial charge in [-0.15, -0.1) is 12.4 Å². The molecule has 1 atom stereocenters. The summed E-state index contributed by atoms with van der Waals surface area (Å²) in [5.41, 5.74) is 1.36. The van der Waals surface area contributed by atoms with E-state index in [-0.39, 0.29) is 12.4 Å². The van der Waals surface area contributed by atoms with Gasteiger partial charge in [-0.05, 0) is 31.5 Å². The number of ether oxygens (including phenoxy) is 1. The minimum Gasteiger partial charge on any atom is -0.494 e. The van der Waals surface area contributed by atoms with Gasteiger partial charge < -0.3 is 10.1 Å². The number of hydrogen-bond donors (Lipinski definition) is 1. The summed E-state index contributed by atoms with van der Waals surface area (Å²) in [5, 5.41) is 3.46. The normalized spacial score (nSPS) is 20.2. The third-order valence-electron chi connectivity index (χ3n) is 3.09. The van der Waals surface area contributed by atoms with Crippen molar-refractivity contribution in [1.82, 2.24) is 10.2 Å². The van der Waals surface area contributed by atoms with Gasteiger partial charge >= 0.3 is 0 Å². The maximum absolute atomic E-state index is 5.44. The molecular formula is C14H23ClN2O. The second-order valence-corrected chi connectivity index (χ2v) is 4.67. The highest BCUT2D eigenvalue weighted by Gasteiger charge is 2.15. The van der Waals surface area contributed by atoms with Crippen LogP contribution < -0.4 is 10.1 Å². The van der Waals surface area contributed by atoms with Crippen molar-refractivity contribution < 1.29 is 4.74 Å². The molecule has 102 valence electrons. The van der Waals surface area contributed by atoms with Crippen molar-refractivity contribution in [2.45, 2.75) is 26.4 Å². The van der Waals surface area contributed by atoms with Crippen LogP contribution in [0.1, 0.15) is 19.4 Å². The molecule has 0 saturated carbocycles. The van der Waals surface area contributed by atoms with Crippen molar-refractivity contribution in [2.75, 3.05) is 26.2 Å². The number of halogens is 1. The van der Waals surface area contributed by atoms with Gasteiger partial charge in [-0.2, -0.15) is 0 Å². The molecule has 0 bridgehead atoms. The number of nitrogens with one attached hydrogen (secondary N) is 1. The standard InChI is InChI=1S/C14H22N2O.ClH/c1-3-17-14-6-4-13(5-7-14)11-16-9-8-15-12(2)10-16;/h4-7,12,15H,3,8-11H2,1-2H3;1H/t12-;/m0./s1. The topological polar surface area (TPSA) is 24.5 Å². The molecular weight excluding hydrogens is 248 g/mol. The third-order valence-corrected chi connectivity index (χ3v) is 3.09. The summed E-state index contributed by atoms with van der Waals surface area (Å²) < 4.78 is 5.44. The molecule has 1 heterocycles. The van der Waals surface area contributed by atoms with E-state index in [2.05, 4.69) is 41.4 Å². The van der Waals surface area contributed by atoms with Crippen molar-refractivity contribution in [2.24, 2.45) is 0 Å². The molecule has 18 heavy (non-hydrogen) atoms. The first-order valence-corrected chi connectivity index (χ1v) is 6.45. The van der Waals surface area contributed by atoms with Crippen molar-refractivity contribution in [1.29, 1.82) is 0 Å². The number of benzene rings is 1. The maximum Gasteiger partial charge on any atom is 0.119 e. The van der Waals surface area contributed by atoms with Crippen molar-refractivity contribution >= 4 is 12.4 Å². The van der Waals surface area contributed by atoms with Gasteiger partial charge in [0.05, 0.1) is 6.61 Å². The Kier molecular flexibility index (Phi) is 6.47. The van der Waals surface area contributed by atoms with Crippen LogP contribution in [0, 0.1) is 0 Å². The Labute approximate surface area is 116 Å². The van der Waals surface area contributed by atoms with E-state index in [4.69, 9.17) is 4.74 Å². The highest BCUT2D eigenvalue weighted by atomic mass is 35.5. The number of piperazine rings is 1. The summed E-state index contributed by atoms with van der Waals surface area (Å²) in [6, 6.07) is 9.05. The lowest BCUT2D eigenvalue weighted by Gasteiger charge is -2.31. The van der Waals surface area contributed by atoms with Gasteiger partial charge in [0.1, 0.15) is 5.75 Å². The first-order chi connectivity index (χ1) is 8.28. The highest BCUT2D eigenvalue weighted by Crippen LogP contribution is 2.14. The summed E-state index contributed by atoms with van der Waals surface area (Å²) in [7, 11) is 0. The summed E-state index contributed by atoms with van der Waals surface area (Å²) in [4.78, 5) is 2.50. The monoisotopic (exact) mass is 270 g/mol. The molecule has 0 radical (unpaired) electrons. The van der Waals surface area contributed by atoms with Crippen LogP contribution in [0.5, 0.6) is 5.75 Å². The molecule has 1 aliphatic heterocycles. The molecule has 0 aliphatic carbocycles. The van der Waals surface area contributed by atoms with Gasteiger partial charge in [0.15, 0.2) is 0 Å². The van der Waals surface area contributed by atoms with Crippen LogP contribution in [0.4, 0.5) is 0 Å². The van der Waals surface area contributed by atoms with Crippen LogP contribution in [0.15, 0.2) is 24.3 Å². The maximum atomic E-state index is 5.44. The molecule has 4 heteroatoms. The first-order valence-electron chi connectivity index (χ1n) is 6.45. The van der Waals surface area contributed by atoms with E-state index in [1.54, 1.807) is 0 Å². The molecule has 1 aliphatic rings. The van der Waals surface area contributed by atoms with Crippen molar-refractivity contribution in [3.63, 3.8) is 0 Å². The van der Waals surface area contributed by atoms with E-state index in [0.29, 0.717) is 6.04 Å². The Morgan fingerprint density at radius 1 is 1.33 bits per heavy atom. The summed E-state index contributed by atoms with van der Waals surface area (Å²) in [6.45, 7) is 9.39. The van der Waals surface area contributed by atoms with Gasteiger partial charge in [0, 0.05) is 32.2 Å². The lowest BCUT2D eigenvalue weighted by molar-refractivity contribution is 0.199. The van der Waals surface area contributed by atoms with Crippen molar-refractivity contribution in [3.8, 4) is 5.75 Å². The number of hydrogen-bond acceptors (Lipinski definition) is 3. The average Bonchev–Trinajstić information content (AvgIpc) is 2.32. The largest absolute Gasteiger partial charge is 0.494 e. The Bertz CT molecular complexity index is 342. The fourth-order valence-corrected chi connectivity index (χ4v) is 2.27. The van der Waals surface area contributed by atoms with E-state index < -0.39 is 0 Å². The molecule has 0 unspecified atom stereocenters. The Morgan fingerprint density at radius 3 is 2.67 bits per heavy atom. The van der Waals surface area contributed by atoms with Crippen LogP contribution in [-0.4, -0.2) is 37.2 Å². The van der Waals surface area contributed by atoms with Crippen LogP contribution in [0.25, 0.3) is 0 Å². The second kappa shape index (κ2) is 7.62. The average molecular weight is 271 g/mol. The van der Waals surface area contributed by atoms with Gasteiger partial charge in [0.25, 0.3) is 0 Å². The minimum absolute atomic E-state index is 0. The van der Waals surface area contributed by atoms with E-state index in [1.165, 1.54) is 5.56 Å². The molecule has 2 rings (SSSR count). The zero-order valence-electron chi connectivity index (χ0n) is 11.2. The van der Waals surface area contributed by atoms with E-state index in [0.717, 1.165) is 38.5 Å². The lowest BCUT2D eigenvalue weighted by atomic mass is 10.1. The van der Waals surface area contributed by atoms with Crippen LogP contribution >= 0.6 is 12.4 Å². The molecule has 0 aromatic heterocycles. The smallest absolute Gasteiger partial charge is 0.119 e. The minimum atomic E-state index is 0. The molecule has 0 amide bonds. The zero-order valence-corrected chi connectivity index (χ0v) is 12.0. The van der Waals surface area contributed by atoms with Crippen LogP contribution in [0.2, 0.25) is 0 Å². The molecule has 0 spiro atoms. The number of rotatable bonds is 4. The molecule has 1 aromatic rings. The zero-order chi connectivity index (χ0) is 12.1. The predicted molar refractivity (Wildman–Crippen MR) is 77.6 cm³/mol. The molecule has 1 fully saturated rings. The Morgan fingerprint density at radius 2 is 2.06 bits per heavy atom. The summed E-state index contributed by atoms with van der Waals surface area (Å²) >= 11 is 0. The van der Waals surface area contributed by atoms with Crippen LogP contribution in [0.3, 0.4) is 0 Å². The van der Waals surface area contributed by atoms with Gasteiger partial charge in [0.2, 0.25) is 0 Å². The van der Waals surface area contributed by atoms with Gasteiger partial charge in [-0.3, -0.25) is 4.90 Å². The van der Waals surface area contributed by atoms with E-state index in [1.807, 2.05) is 6.92 Å². The highest BCUT2D eigenvalue weighted by molar-refractivity contribution is 5.85. The van der Waals surface area contributed by atoms with E-state index in [9.17, 15) is 0 Å². The predicted octanol–water partition coefficient (Wildman–Crippen LogP) is 2.30. The third kappa shape index (κ3) is 4.48. The Hall–Kier alpha value is -0.770. The summed E-state index contributed by atoms with van der Waals surface area (Å²) in [6.07, 6.45) is 0. The fraction of sp³-hybridized carbons (Fsp3) is 0.571. The molecule has 1 aromatic carbocycles. The SMILES string of the molecule is CCOc1ccc(CN2CCN[C@@H](C)C2)cc1.Cl. The number of nitrogens with zero attached hydrogens (tertiary/aromatic N) is 1. The van der Waals surface area contributed by atoms with Crippen molar-refractivity contribution in [3.05, 3.63) is 29.8 Å². The van der Waals surface area contributed by atoms with Gasteiger partial charge in [-0.25, -0.2) is 0 Å². The molecule has 1 N–H and O–H groups in total. The molecule has 1 saturated heterocycles. The van der Waals surface area contributed by atoms with Gasteiger partial charge in [-0.1, -0.05) is 12.1 Å². The van der Waals surface area contributed by atoms with Crippen LogP contribution in [-0.2, 0) is 6.54 Å². The second-order valence-electron chi connectivity index (χ2n) is 4.67. The quantitative estimate of drug-likeness (QED) is 0.909. The Balaban J connectivity index is 0.00000162. The first kappa shape index (κ1) is 15.3.